The Balaban J connectivity index is 1.94. The van der Waals surface area contributed by atoms with Gasteiger partial charge in [0.05, 0.1) is 12.7 Å². The molecule has 3 unspecified atom stereocenters. The first-order valence-corrected chi connectivity index (χ1v) is 7.34. The van der Waals surface area contributed by atoms with Crippen molar-refractivity contribution in [1.82, 2.24) is 4.98 Å². The highest BCUT2D eigenvalue weighted by molar-refractivity contribution is 7.80. The number of nitrogens with zero attached hydrogens (tertiary/aromatic N) is 1. The highest BCUT2D eigenvalue weighted by Crippen LogP contribution is 2.31. The van der Waals surface area contributed by atoms with Crippen LogP contribution in [0, 0.1) is 11.8 Å². The van der Waals surface area contributed by atoms with E-state index in [9.17, 15) is 0 Å². The van der Waals surface area contributed by atoms with Crippen molar-refractivity contribution in [2.75, 3.05) is 0 Å². The van der Waals surface area contributed by atoms with Gasteiger partial charge in [-0.25, -0.2) is 0 Å². The molecule has 4 heteroatoms. The van der Waals surface area contributed by atoms with Crippen molar-refractivity contribution >= 4 is 17.2 Å². The van der Waals surface area contributed by atoms with E-state index in [1.54, 1.807) is 6.20 Å². The minimum absolute atomic E-state index is 0.338. The molecule has 0 amide bonds. The number of hydrogen-bond donors (Lipinski definition) is 1. The van der Waals surface area contributed by atoms with Crippen molar-refractivity contribution in [3.8, 4) is 0 Å². The molecule has 1 saturated carbocycles. The maximum absolute atomic E-state index is 6.02. The van der Waals surface area contributed by atoms with Crippen LogP contribution >= 0.6 is 12.2 Å². The normalized spacial score (nSPS) is 27.2. The molecule has 104 valence electrons. The van der Waals surface area contributed by atoms with Gasteiger partial charge in [-0.05, 0) is 37.2 Å². The Labute approximate surface area is 120 Å². The number of pyridine rings is 1. The molecule has 2 N–H and O–H groups in total. The number of rotatable bonds is 4. The van der Waals surface area contributed by atoms with E-state index in [4.69, 9.17) is 22.7 Å². The fourth-order valence-corrected chi connectivity index (χ4v) is 2.82. The summed E-state index contributed by atoms with van der Waals surface area (Å²) in [4.78, 5) is 4.56. The van der Waals surface area contributed by atoms with Crippen LogP contribution in [-0.2, 0) is 11.3 Å². The van der Waals surface area contributed by atoms with E-state index in [1.165, 1.54) is 6.42 Å². The fourth-order valence-electron chi connectivity index (χ4n) is 2.63. The molecule has 1 aromatic rings. The molecule has 1 fully saturated rings. The molecule has 1 aliphatic carbocycles. The monoisotopic (exact) mass is 278 g/mol. The Bertz CT molecular complexity index is 450. The van der Waals surface area contributed by atoms with Crippen molar-refractivity contribution < 1.29 is 4.74 Å². The van der Waals surface area contributed by atoms with Crippen molar-refractivity contribution in [1.29, 1.82) is 0 Å². The number of aromatic nitrogens is 1. The summed E-state index contributed by atoms with van der Waals surface area (Å²) in [6.45, 7) is 5.18. The Morgan fingerprint density at radius 1 is 1.42 bits per heavy atom. The molecule has 2 rings (SSSR count). The van der Waals surface area contributed by atoms with Gasteiger partial charge in [-0.1, -0.05) is 32.1 Å². The lowest BCUT2D eigenvalue weighted by molar-refractivity contribution is -0.00759. The summed E-state index contributed by atoms with van der Waals surface area (Å²) < 4.78 is 6.02. The van der Waals surface area contributed by atoms with Gasteiger partial charge in [0.25, 0.3) is 0 Å². The first-order valence-electron chi connectivity index (χ1n) is 6.93. The molecule has 1 aromatic heterocycles. The molecule has 1 heterocycles. The fraction of sp³-hybridized carbons (Fsp3) is 0.600. The van der Waals surface area contributed by atoms with Crippen LogP contribution in [0.5, 0.6) is 0 Å². The second kappa shape index (κ2) is 6.44. The SMILES string of the molecule is CC1CCC(OCc2cccnc2C(N)=S)CC1C. The zero-order valence-electron chi connectivity index (χ0n) is 11.6. The molecule has 1 aliphatic rings. The van der Waals surface area contributed by atoms with Gasteiger partial charge < -0.3 is 10.5 Å². The maximum Gasteiger partial charge on any atom is 0.123 e. The summed E-state index contributed by atoms with van der Waals surface area (Å²) in [5.74, 6) is 1.55. The van der Waals surface area contributed by atoms with E-state index in [-0.39, 0.29) is 0 Å². The van der Waals surface area contributed by atoms with Crippen LogP contribution in [-0.4, -0.2) is 16.1 Å². The predicted octanol–water partition coefficient (Wildman–Crippen LogP) is 3.06. The second-order valence-corrected chi connectivity index (χ2v) is 6.02. The maximum atomic E-state index is 6.02. The smallest absolute Gasteiger partial charge is 0.123 e. The van der Waals surface area contributed by atoms with Gasteiger partial charge in [0.2, 0.25) is 0 Å². The quantitative estimate of drug-likeness (QED) is 0.860. The van der Waals surface area contributed by atoms with Crippen LogP contribution in [0.3, 0.4) is 0 Å². The summed E-state index contributed by atoms with van der Waals surface area (Å²) in [5, 5.41) is 0. The third kappa shape index (κ3) is 3.74. The number of thiocarbonyl (C=S) groups is 1. The van der Waals surface area contributed by atoms with Crippen molar-refractivity contribution in [2.45, 2.75) is 45.8 Å². The van der Waals surface area contributed by atoms with E-state index in [0.29, 0.717) is 23.4 Å². The molecule has 0 spiro atoms. The standard InChI is InChI=1S/C15H22N2OS/c1-10-5-6-13(8-11(10)2)18-9-12-4-3-7-17-14(12)15(16)19/h3-4,7,10-11,13H,5-6,8-9H2,1-2H3,(H2,16,19). The molecule has 0 radical (unpaired) electrons. The zero-order valence-corrected chi connectivity index (χ0v) is 12.5. The van der Waals surface area contributed by atoms with Crippen LogP contribution in [0.2, 0.25) is 0 Å². The molecule has 19 heavy (non-hydrogen) atoms. The zero-order chi connectivity index (χ0) is 13.8. The van der Waals surface area contributed by atoms with Gasteiger partial charge in [0, 0.05) is 11.8 Å². The van der Waals surface area contributed by atoms with E-state index in [1.807, 2.05) is 12.1 Å². The van der Waals surface area contributed by atoms with E-state index < -0.39 is 0 Å². The van der Waals surface area contributed by atoms with Gasteiger partial charge in [0.15, 0.2) is 0 Å². The average molecular weight is 278 g/mol. The number of ether oxygens (including phenoxy) is 1. The molecule has 0 aromatic carbocycles. The van der Waals surface area contributed by atoms with Crippen molar-refractivity contribution in [2.24, 2.45) is 17.6 Å². The molecular weight excluding hydrogens is 256 g/mol. The van der Waals surface area contributed by atoms with Gasteiger partial charge in [-0.2, -0.15) is 0 Å². The molecular formula is C15H22N2OS. The third-order valence-electron chi connectivity index (χ3n) is 4.15. The van der Waals surface area contributed by atoms with Gasteiger partial charge in [-0.15, -0.1) is 0 Å². The highest BCUT2D eigenvalue weighted by atomic mass is 32.1. The van der Waals surface area contributed by atoms with Crippen LogP contribution in [0.4, 0.5) is 0 Å². The summed E-state index contributed by atoms with van der Waals surface area (Å²) >= 11 is 5.01. The van der Waals surface area contributed by atoms with Crippen LogP contribution < -0.4 is 5.73 Å². The lowest BCUT2D eigenvalue weighted by Gasteiger charge is -2.32. The van der Waals surface area contributed by atoms with Gasteiger partial charge in [0.1, 0.15) is 10.7 Å². The number of nitrogens with two attached hydrogens (primary N) is 1. The highest BCUT2D eigenvalue weighted by Gasteiger charge is 2.25. The second-order valence-electron chi connectivity index (χ2n) is 5.58. The van der Waals surface area contributed by atoms with Gasteiger partial charge >= 0.3 is 0 Å². The van der Waals surface area contributed by atoms with Crippen LogP contribution in [0.1, 0.15) is 44.4 Å². The number of hydrogen-bond acceptors (Lipinski definition) is 3. The first-order chi connectivity index (χ1) is 9.08. The largest absolute Gasteiger partial charge is 0.388 e. The third-order valence-corrected chi connectivity index (χ3v) is 4.34. The summed E-state index contributed by atoms with van der Waals surface area (Å²) in [7, 11) is 0. The minimum Gasteiger partial charge on any atom is -0.388 e. The Morgan fingerprint density at radius 3 is 2.89 bits per heavy atom. The lowest BCUT2D eigenvalue weighted by atomic mass is 9.80. The van der Waals surface area contributed by atoms with E-state index in [2.05, 4.69) is 18.8 Å². The minimum atomic E-state index is 0.338. The topological polar surface area (TPSA) is 48.1 Å². The average Bonchev–Trinajstić information content (AvgIpc) is 2.40. The lowest BCUT2D eigenvalue weighted by Crippen LogP contribution is -2.27. The molecule has 3 nitrogen and oxygen atoms in total. The van der Waals surface area contributed by atoms with Crippen molar-refractivity contribution in [3.05, 3.63) is 29.6 Å². The molecule has 0 bridgehead atoms. The van der Waals surface area contributed by atoms with Crippen LogP contribution in [0.25, 0.3) is 0 Å². The van der Waals surface area contributed by atoms with Gasteiger partial charge in [-0.3, -0.25) is 4.98 Å². The predicted molar refractivity (Wildman–Crippen MR) is 80.9 cm³/mol. The molecule has 0 saturated heterocycles. The van der Waals surface area contributed by atoms with E-state index >= 15 is 0 Å². The Hall–Kier alpha value is -1.00. The van der Waals surface area contributed by atoms with E-state index in [0.717, 1.165) is 30.2 Å². The molecule has 0 aliphatic heterocycles. The summed E-state index contributed by atoms with van der Waals surface area (Å²) in [6, 6.07) is 3.88. The Morgan fingerprint density at radius 2 is 2.21 bits per heavy atom. The summed E-state index contributed by atoms with van der Waals surface area (Å²) in [5.41, 5.74) is 7.35. The van der Waals surface area contributed by atoms with Crippen molar-refractivity contribution in [3.63, 3.8) is 0 Å². The first kappa shape index (κ1) is 14.4. The summed E-state index contributed by atoms with van der Waals surface area (Å²) in [6.07, 6.45) is 5.60. The Kier molecular flexibility index (Phi) is 4.88. The molecule has 3 atom stereocenters. The van der Waals surface area contributed by atoms with Crippen LogP contribution in [0.15, 0.2) is 18.3 Å².